The van der Waals surface area contributed by atoms with E-state index in [0.29, 0.717) is 10.8 Å². The van der Waals surface area contributed by atoms with E-state index in [4.69, 9.17) is 4.74 Å². The smallest absolute Gasteiger partial charge is 0.107 e. The van der Waals surface area contributed by atoms with Gasteiger partial charge in [0.2, 0.25) is 0 Å². The molecule has 0 aromatic carbocycles. The molecule has 0 spiro atoms. The van der Waals surface area contributed by atoms with Crippen LogP contribution in [0.3, 0.4) is 0 Å². The Morgan fingerprint density at radius 1 is 1.50 bits per heavy atom. The van der Waals surface area contributed by atoms with Crippen molar-refractivity contribution < 1.29 is 9.84 Å². The molecule has 0 unspecified atom stereocenters. The molecule has 1 saturated heterocycles. The fraction of sp³-hybridized carbons (Fsp3) is 0.857. The van der Waals surface area contributed by atoms with Crippen LogP contribution in [0.1, 0.15) is 40.0 Å². The van der Waals surface area contributed by atoms with Crippen LogP contribution < -0.4 is 0 Å². The van der Waals surface area contributed by atoms with Crippen molar-refractivity contribution in [1.82, 2.24) is 0 Å². The van der Waals surface area contributed by atoms with Gasteiger partial charge in [-0.1, -0.05) is 32.4 Å². The summed E-state index contributed by atoms with van der Waals surface area (Å²) < 4.78 is 5.17. The zero-order chi connectivity index (χ0) is 11.6. The van der Waals surface area contributed by atoms with Crippen LogP contribution in [0.15, 0.2) is 11.6 Å². The van der Waals surface area contributed by atoms with Gasteiger partial charge >= 0.3 is 0 Å². The molecule has 2 bridgehead atoms. The highest BCUT2D eigenvalue weighted by Crippen LogP contribution is 2.65. The first kappa shape index (κ1) is 10.8. The Balaban J connectivity index is 1.79. The number of ether oxygens (including phenoxy) is 1. The molecule has 2 fully saturated rings. The monoisotopic (exact) mass is 222 g/mol. The molecule has 2 heteroatoms. The van der Waals surface area contributed by atoms with E-state index in [1.54, 1.807) is 0 Å². The van der Waals surface area contributed by atoms with Crippen LogP contribution in [0, 0.1) is 16.7 Å². The van der Waals surface area contributed by atoms with Gasteiger partial charge in [-0.15, -0.1) is 0 Å². The lowest BCUT2D eigenvalue weighted by atomic mass is 9.66. The van der Waals surface area contributed by atoms with Crippen molar-refractivity contribution in [3.8, 4) is 0 Å². The van der Waals surface area contributed by atoms with Gasteiger partial charge in [0, 0.05) is 0 Å². The maximum atomic E-state index is 10.00. The van der Waals surface area contributed by atoms with Gasteiger partial charge in [0.15, 0.2) is 0 Å². The Kier molecular flexibility index (Phi) is 2.10. The van der Waals surface area contributed by atoms with Crippen LogP contribution in [-0.2, 0) is 4.74 Å². The summed E-state index contributed by atoms with van der Waals surface area (Å²) in [7, 11) is 0. The molecule has 2 aliphatic carbocycles. The van der Waals surface area contributed by atoms with E-state index in [1.165, 1.54) is 18.4 Å². The van der Waals surface area contributed by atoms with Gasteiger partial charge in [-0.2, -0.15) is 0 Å². The number of hydrogen-bond donors (Lipinski definition) is 1. The average molecular weight is 222 g/mol. The molecule has 3 aliphatic rings. The molecule has 2 nitrogen and oxygen atoms in total. The molecule has 1 saturated carbocycles. The van der Waals surface area contributed by atoms with E-state index in [9.17, 15) is 5.11 Å². The third-order valence-electron chi connectivity index (χ3n) is 5.63. The summed E-state index contributed by atoms with van der Waals surface area (Å²) in [4.78, 5) is 0. The first-order valence-electron chi connectivity index (χ1n) is 6.46. The maximum Gasteiger partial charge on any atom is 0.107 e. The van der Waals surface area contributed by atoms with Crippen molar-refractivity contribution in [2.45, 2.75) is 52.2 Å². The minimum atomic E-state index is -0.279. The highest BCUT2D eigenvalue weighted by molar-refractivity contribution is 5.32. The normalized spacial score (nSPS) is 45.6. The number of aliphatic hydroxyl groups excluding tert-OH is 1. The summed E-state index contributed by atoms with van der Waals surface area (Å²) in [5.74, 6) is 0.722. The summed E-state index contributed by atoms with van der Waals surface area (Å²) in [5, 5.41) is 10.00. The number of hydrogen-bond acceptors (Lipinski definition) is 2. The molecular weight excluding hydrogens is 200 g/mol. The second-order valence-electron chi connectivity index (χ2n) is 6.53. The lowest BCUT2D eigenvalue weighted by Gasteiger charge is -2.38. The van der Waals surface area contributed by atoms with E-state index in [-0.39, 0.29) is 12.2 Å². The van der Waals surface area contributed by atoms with Crippen molar-refractivity contribution in [3.63, 3.8) is 0 Å². The topological polar surface area (TPSA) is 32.8 Å². The Bertz CT molecular complexity index is 341. The van der Waals surface area contributed by atoms with Crippen LogP contribution in [0.4, 0.5) is 0 Å². The quantitative estimate of drug-likeness (QED) is 0.588. The number of fused-ring (bicyclic) bond motifs is 2. The first-order chi connectivity index (χ1) is 7.45. The van der Waals surface area contributed by atoms with E-state index >= 15 is 0 Å². The molecule has 0 radical (unpaired) electrons. The maximum absolute atomic E-state index is 10.00. The number of allylic oxidation sites excluding steroid dienone is 1. The molecule has 0 amide bonds. The van der Waals surface area contributed by atoms with Crippen molar-refractivity contribution >= 4 is 0 Å². The molecule has 0 aromatic heterocycles. The van der Waals surface area contributed by atoms with Gasteiger partial charge in [0.05, 0.1) is 12.7 Å². The van der Waals surface area contributed by atoms with Gasteiger partial charge < -0.3 is 9.84 Å². The minimum absolute atomic E-state index is 0.117. The first-order valence-corrected chi connectivity index (χ1v) is 6.46. The zero-order valence-corrected chi connectivity index (χ0v) is 10.5. The largest absolute Gasteiger partial charge is 0.390 e. The van der Waals surface area contributed by atoms with E-state index < -0.39 is 0 Å². The summed E-state index contributed by atoms with van der Waals surface area (Å²) in [6.45, 7) is 7.90. The lowest BCUT2D eigenvalue weighted by molar-refractivity contribution is 0.115. The summed E-state index contributed by atoms with van der Waals surface area (Å²) >= 11 is 0. The Morgan fingerprint density at radius 2 is 2.19 bits per heavy atom. The molecular formula is C14H22O2. The van der Waals surface area contributed by atoms with Gasteiger partial charge in [0.25, 0.3) is 0 Å². The fourth-order valence-corrected chi connectivity index (χ4v) is 3.76. The molecule has 1 aliphatic heterocycles. The molecule has 1 heterocycles. The average Bonchev–Trinajstić information content (AvgIpc) is 2.98. The molecule has 16 heavy (non-hydrogen) atoms. The second kappa shape index (κ2) is 3.11. The lowest BCUT2D eigenvalue weighted by Crippen LogP contribution is -2.31. The summed E-state index contributed by atoms with van der Waals surface area (Å²) in [6, 6.07) is 0. The summed E-state index contributed by atoms with van der Waals surface area (Å²) in [6.07, 6.45) is 5.71. The van der Waals surface area contributed by atoms with Crippen molar-refractivity contribution in [1.29, 1.82) is 0 Å². The highest BCUT2D eigenvalue weighted by Gasteiger charge is 2.57. The molecule has 3 rings (SSSR count). The molecule has 0 aromatic rings. The summed E-state index contributed by atoms with van der Waals surface area (Å²) in [5.41, 5.74) is 2.18. The van der Waals surface area contributed by atoms with Gasteiger partial charge in [-0.25, -0.2) is 0 Å². The zero-order valence-electron chi connectivity index (χ0n) is 10.5. The van der Waals surface area contributed by atoms with Gasteiger partial charge in [-0.05, 0) is 36.0 Å². The van der Waals surface area contributed by atoms with E-state index in [0.717, 1.165) is 18.9 Å². The van der Waals surface area contributed by atoms with Crippen molar-refractivity contribution in [2.24, 2.45) is 16.7 Å². The number of aliphatic hydroxyl groups is 1. The predicted octanol–water partition coefficient (Wildman–Crippen LogP) is 2.52. The number of rotatable bonds is 3. The van der Waals surface area contributed by atoms with Gasteiger partial charge in [0.1, 0.15) is 6.10 Å². The number of epoxide rings is 1. The molecule has 90 valence electrons. The SMILES string of the molecule is CC1(C)[C@@H]2C=C(C[C@H](O)[C@H]3CO3)[C@@]1(C)CC2. The Hall–Kier alpha value is -0.340. The highest BCUT2D eigenvalue weighted by atomic mass is 16.6. The third-order valence-corrected chi connectivity index (χ3v) is 5.63. The molecule has 1 N–H and O–H groups in total. The Labute approximate surface area is 97.7 Å². The van der Waals surface area contributed by atoms with Crippen LogP contribution in [0.2, 0.25) is 0 Å². The second-order valence-corrected chi connectivity index (χ2v) is 6.53. The van der Waals surface area contributed by atoms with E-state index in [1.807, 2.05) is 0 Å². The third kappa shape index (κ3) is 1.26. The van der Waals surface area contributed by atoms with Crippen LogP contribution in [0.25, 0.3) is 0 Å². The molecule has 4 atom stereocenters. The predicted molar refractivity (Wildman–Crippen MR) is 63.1 cm³/mol. The van der Waals surface area contributed by atoms with Crippen LogP contribution in [-0.4, -0.2) is 23.9 Å². The van der Waals surface area contributed by atoms with Crippen LogP contribution >= 0.6 is 0 Å². The fourth-order valence-electron chi connectivity index (χ4n) is 3.76. The van der Waals surface area contributed by atoms with Crippen molar-refractivity contribution in [3.05, 3.63) is 11.6 Å². The van der Waals surface area contributed by atoms with E-state index in [2.05, 4.69) is 26.8 Å². The minimum Gasteiger partial charge on any atom is -0.390 e. The Morgan fingerprint density at radius 3 is 2.62 bits per heavy atom. The van der Waals surface area contributed by atoms with Crippen molar-refractivity contribution in [2.75, 3.05) is 6.61 Å². The standard InChI is InChI=1S/C14H22O2/c1-13(2)9-4-5-14(13,3)10(6-9)7-11(15)12-8-16-12/h6,9,11-12,15H,4-5,7-8H2,1-3H3/t9-,11-,12+,14+/m0/s1. The van der Waals surface area contributed by atoms with Crippen LogP contribution in [0.5, 0.6) is 0 Å². The van der Waals surface area contributed by atoms with Gasteiger partial charge in [-0.3, -0.25) is 0 Å².